The lowest BCUT2D eigenvalue weighted by Crippen LogP contribution is -2.07. The Labute approximate surface area is 118 Å². The van der Waals surface area contributed by atoms with E-state index >= 15 is 0 Å². The minimum Gasteiger partial charge on any atom is -0.496 e. The van der Waals surface area contributed by atoms with Crippen LogP contribution in [-0.4, -0.2) is 12.1 Å². The van der Waals surface area contributed by atoms with Crippen LogP contribution in [0.4, 0.5) is 10.1 Å². The van der Waals surface area contributed by atoms with Gasteiger partial charge in [0, 0.05) is 23.0 Å². The zero-order valence-electron chi connectivity index (χ0n) is 12.2. The molecule has 0 amide bonds. The van der Waals surface area contributed by atoms with E-state index in [2.05, 4.69) is 10.3 Å². The van der Waals surface area contributed by atoms with Crippen LogP contribution >= 0.6 is 0 Å². The van der Waals surface area contributed by atoms with E-state index in [1.165, 1.54) is 12.1 Å². The van der Waals surface area contributed by atoms with Crippen molar-refractivity contribution in [3.05, 3.63) is 52.6 Å². The number of halogens is 1. The van der Waals surface area contributed by atoms with Gasteiger partial charge in [-0.3, -0.25) is 4.98 Å². The second-order valence-corrected chi connectivity index (χ2v) is 4.86. The van der Waals surface area contributed by atoms with Crippen LogP contribution in [0.5, 0.6) is 5.75 Å². The highest BCUT2D eigenvalue weighted by atomic mass is 19.1. The van der Waals surface area contributed by atoms with Crippen molar-refractivity contribution in [2.45, 2.75) is 27.3 Å². The first-order chi connectivity index (χ1) is 9.52. The minimum absolute atomic E-state index is 0.246. The molecular formula is C16H19FN2O. The van der Waals surface area contributed by atoms with Crippen molar-refractivity contribution in [2.24, 2.45) is 0 Å². The Morgan fingerprint density at radius 1 is 1.20 bits per heavy atom. The molecule has 3 nitrogen and oxygen atoms in total. The van der Waals surface area contributed by atoms with Crippen LogP contribution in [0.25, 0.3) is 0 Å². The third-order valence-corrected chi connectivity index (χ3v) is 3.40. The Hall–Kier alpha value is -2.10. The summed E-state index contributed by atoms with van der Waals surface area (Å²) in [6.07, 6.45) is 1.79. The summed E-state index contributed by atoms with van der Waals surface area (Å²) in [6, 6.07) is 4.71. The number of rotatable bonds is 4. The summed E-state index contributed by atoms with van der Waals surface area (Å²) < 4.78 is 18.6. The Morgan fingerprint density at radius 3 is 2.65 bits per heavy atom. The van der Waals surface area contributed by atoms with Gasteiger partial charge >= 0.3 is 0 Å². The van der Waals surface area contributed by atoms with Crippen molar-refractivity contribution in [2.75, 3.05) is 12.4 Å². The number of nitrogens with one attached hydrogen (secondary N) is 1. The number of ether oxygens (including phenoxy) is 1. The van der Waals surface area contributed by atoms with Crippen molar-refractivity contribution in [3.8, 4) is 5.75 Å². The van der Waals surface area contributed by atoms with Crippen LogP contribution in [0.2, 0.25) is 0 Å². The van der Waals surface area contributed by atoms with Gasteiger partial charge in [-0.2, -0.15) is 0 Å². The molecule has 0 atom stereocenters. The molecule has 1 aromatic heterocycles. The zero-order chi connectivity index (χ0) is 14.7. The van der Waals surface area contributed by atoms with Gasteiger partial charge in [0.05, 0.1) is 19.3 Å². The van der Waals surface area contributed by atoms with Crippen LogP contribution < -0.4 is 10.1 Å². The maximum Gasteiger partial charge on any atom is 0.128 e. The quantitative estimate of drug-likeness (QED) is 0.921. The zero-order valence-corrected chi connectivity index (χ0v) is 12.2. The first kappa shape index (κ1) is 14.3. The van der Waals surface area contributed by atoms with Crippen molar-refractivity contribution in [3.63, 3.8) is 0 Å². The summed E-state index contributed by atoms with van der Waals surface area (Å²) >= 11 is 0. The number of aromatic nitrogens is 1. The number of hydrogen-bond acceptors (Lipinski definition) is 3. The van der Waals surface area contributed by atoms with E-state index in [0.717, 1.165) is 33.8 Å². The molecule has 2 rings (SSSR count). The minimum atomic E-state index is -0.246. The van der Waals surface area contributed by atoms with Gasteiger partial charge in [0.15, 0.2) is 0 Å². The van der Waals surface area contributed by atoms with Crippen molar-refractivity contribution >= 4 is 5.69 Å². The van der Waals surface area contributed by atoms with Crippen molar-refractivity contribution in [1.82, 2.24) is 4.98 Å². The maximum atomic E-state index is 13.2. The van der Waals surface area contributed by atoms with E-state index in [1.54, 1.807) is 19.4 Å². The largest absolute Gasteiger partial charge is 0.496 e. The molecular weight excluding hydrogens is 255 g/mol. The van der Waals surface area contributed by atoms with Crippen LogP contribution in [0.15, 0.2) is 24.4 Å². The van der Waals surface area contributed by atoms with Gasteiger partial charge in [0.2, 0.25) is 0 Å². The highest BCUT2D eigenvalue weighted by molar-refractivity contribution is 5.51. The normalized spacial score (nSPS) is 10.4. The van der Waals surface area contributed by atoms with Crippen LogP contribution in [0.3, 0.4) is 0 Å². The van der Waals surface area contributed by atoms with Crippen molar-refractivity contribution in [1.29, 1.82) is 0 Å². The van der Waals surface area contributed by atoms with E-state index in [1.807, 2.05) is 20.8 Å². The number of nitrogens with zero attached hydrogens (tertiary/aromatic N) is 1. The highest BCUT2D eigenvalue weighted by Gasteiger charge is 2.09. The van der Waals surface area contributed by atoms with E-state index in [-0.39, 0.29) is 5.82 Å². The molecule has 20 heavy (non-hydrogen) atoms. The number of methoxy groups -OCH3 is 1. The molecule has 1 N–H and O–H groups in total. The van der Waals surface area contributed by atoms with Gasteiger partial charge in [-0.05, 0) is 38.5 Å². The molecule has 0 aliphatic carbocycles. The SMILES string of the molecule is COc1c(C)cnc(CNc2cc(F)ccc2C)c1C. The molecule has 1 aromatic carbocycles. The van der Waals surface area contributed by atoms with Gasteiger partial charge in [0.1, 0.15) is 11.6 Å². The molecule has 0 bridgehead atoms. The molecule has 0 fully saturated rings. The first-order valence-corrected chi connectivity index (χ1v) is 6.52. The van der Waals surface area contributed by atoms with Gasteiger partial charge in [-0.15, -0.1) is 0 Å². The monoisotopic (exact) mass is 274 g/mol. The van der Waals surface area contributed by atoms with Crippen LogP contribution in [0, 0.1) is 26.6 Å². The fourth-order valence-corrected chi connectivity index (χ4v) is 2.21. The molecule has 0 unspecified atom stereocenters. The smallest absolute Gasteiger partial charge is 0.128 e. The molecule has 106 valence electrons. The second kappa shape index (κ2) is 5.90. The highest BCUT2D eigenvalue weighted by Crippen LogP contribution is 2.25. The van der Waals surface area contributed by atoms with E-state index in [4.69, 9.17) is 4.74 Å². The average Bonchev–Trinajstić information content (AvgIpc) is 2.42. The van der Waals surface area contributed by atoms with Crippen LogP contribution in [-0.2, 0) is 6.54 Å². The second-order valence-electron chi connectivity index (χ2n) is 4.86. The molecule has 1 heterocycles. The van der Waals surface area contributed by atoms with E-state index in [0.29, 0.717) is 6.54 Å². The lowest BCUT2D eigenvalue weighted by atomic mass is 10.1. The summed E-state index contributed by atoms with van der Waals surface area (Å²) in [5.41, 5.74) is 4.70. The summed E-state index contributed by atoms with van der Waals surface area (Å²) in [6.45, 7) is 6.42. The van der Waals surface area contributed by atoms with Gasteiger partial charge < -0.3 is 10.1 Å². The van der Waals surface area contributed by atoms with Crippen molar-refractivity contribution < 1.29 is 9.13 Å². The fraction of sp³-hybridized carbons (Fsp3) is 0.312. The topological polar surface area (TPSA) is 34.1 Å². The molecule has 4 heteroatoms. The van der Waals surface area contributed by atoms with Gasteiger partial charge in [-0.25, -0.2) is 4.39 Å². The predicted molar refractivity (Wildman–Crippen MR) is 78.7 cm³/mol. The first-order valence-electron chi connectivity index (χ1n) is 6.52. The number of anilines is 1. The lowest BCUT2D eigenvalue weighted by molar-refractivity contribution is 0.407. The third-order valence-electron chi connectivity index (χ3n) is 3.40. The maximum absolute atomic E-state index is 13.2. The molecule has 0 aliphatic rings. The number of hydrogen-bond donors (Lipinski definition) is 1. The number of benzene rings is 1. The Balaban J connectivity index is 2.21. The summed E-state index contributed by atoms with van der Waals surface area (Å²) in [4.78, 5) is 4.42. The molecule has 0 aliphatic heterocycles. The number of aryl methyl sites for hydroxylation is 2. The van der Waals surface area contributed by atoms with E-state index in [9.17, 15) is 4.39 Å². The molecule has 2 aromatic rings. The number of pyridine rings is 1. The third kappa shape index (κ3) is 2.90. The summed E-state index contributed by atoms with van der Waals surface area (Å²) in [5.74, 6) is 0.608. The van der Waals surface area contributed by atoms with E-state index < -0.39 is 0 Å². The standard InChI is InChI=1S/C16H19FN2O/c1-10-5-6-13(17)7-14(10)19-9-15-12(3)16(20-4)11(2)8-18-15/h5-8,19H,9H2,1-4H3. The molecule has 0 spiro atoms. The van der Waals surface area contributed by atoms with Gasteiger partial charge in [-0.1, -0.05) is 6.07 Å². The average molecular weight is 274 g/mol. The lowest BCUT2D eigenvalue weighted by Gasteiger charge is -2.14. The fourth-order valence-electron chi connectivity index (χ4n) is 2.21. The predicted octanol–water partition coefficient (Wildman–Crippen LogP) is 3.77. The van der Waals surface area contributed by atoms with Crippen LogP contribution in [0.1, 0.15) is 22.4 Å². The Morgan fingerprint density at radius 2 is 1.95 bits per heavy atom. The molecule has 0 radical (unpaired) electrons. The summed E-state index contributed by atoms with van der Waals surface area (Å²) in [7, 11) is 1.66. The Bertz CT molecular complexity index is 626. The van der Waals surface area contributed by atoms with Gasteiger partial charge in [0.25, 0.3) is 0 Å². The molecule has 0 saturated carbocycles. The Kier molecular flexibility index (Phi) is 4.23. The summed E-state index contributed by atoms with van der Waals surface area (Å²) in [5, 5.41) is 3.22. The molecule has 0 saturated heterocycles.